The summed E-state index contributed by atoms with van der Waals surface area (Å²) in [5.74, 6) is 0.239. The normalized spacial score (nSPS) is 13.7. The van der Waals surface area contributed by atoms with Crippen LogP contribution in [0, 0.1) is 0 Å². The lowest BCUT2D eigenvalue weighted by atomic mass is 10.1. The summed E-state index contributed by atoms with van der Waals surface area (Å²) in [6.45, 7) is 12.3. The van der Waals surface area contributed by atoms with Crippen LogP contribution >= 0.6 is 0 Å². The Kier molecular flexibility index (Phi) is 5.27. The molecule has 118 valence electrons. The molecule has 0 bridgehead atoms. The summed E-state index contributed by atoms with van der Waals surface area (Å²) < 4.78 is 11.3. The molecule has 6 heteroatoms. The second-order valence-corrected chi connectivity index (χ2v) is 17.0. The molecule has 1 rings (SSSR count). The van der Waals surface area contributed by atoms with Crippen molar-refractivity contribution < 1.29 is 19.1 Å². The van der Waals surface area contributed by atoms with Gasteiger partial charge in [-0.1, -0.05) is 25.7 Å². The van der Waals surface area contributed by atoms with Gasteiger partial charge in [0.25, 0.3) is 0 Å². The summed E-state index contributed by atoms with van der Waals surface area (Å²) in [4.78, 5) is 11.5. The highest BCUT2D eigenvalue weighted by Gasteiger charge is 2.30. The topological polar surface area (TPSA) is 58.6 Å². The van der Waals surface area contributed by atoms with Gasteiger partial charge in [-0.3, -0.25) is 0 Å². The van der Waals surface area contributed by atoms with Crippen molar-refractivity contribution in [3.8, 4) is 11.5 Å². The zero-order valence-corrected chi connectivity index (χ0v) is 15.9. The molecule has 0 aromatic heterocycles. The molecule has 1 aromatic rings. The third-order valence-electron chi connectivity index (χ3n) is 3.04. The highest BCUT2D eigenvalue weighted by Crippen LogP contribution is 2.35. The van der Waals surface area contributed by atoms with Gasteiger partial charge in [0.2, 0.25) is 8.32 Å². The van der Waals surface area contributed by atoms with E-state index in [0.29, 0.717) is 11.5 Å². The minimum atomic E-state index is -1.94. The van der Waals surface area contributed by atoms with Crippen LogP contribution in [0.2, 0.25) is 39.3 Å². The Labute approximate surface area is 129 Å². The second kappa shape index (κ2) is 6.23. The molecule has 0 saturated carbocycles. The van der Waals surface area contributed by atoms with Crippen LogP contribution in [0.25, 0.3) is 0 Å². The van der Waals surface area contributed by atoms with Gasteiger partial charge in [-0.2, -0.15) is 0 Å². The molecule has 0 amide bonds. The van der Waals surface area contributed by atoms with Gasteiger partial charge in [0.1, 0.15) is 5.75 Å². The number of rotatable bonds is 6. The molecule has 0 fully saturated rings. The highest BCUT2D eigenvalue weighted by atomic mass is 28.4. The van der Waals surface area contributed by atoms with Crippen molar-refractivity contribution in [2.24, 2.45) is 0 Å². The largest absolute Gasteiger partial charge is 0.550 e. The maximum atomic E-state index is 11.5. The smallest absolute Gasteiger partial charge is 0.242 e. The molecule has 21 heavy (non-hydrogen) atoms. The zero-order chi connectivity index (χ0) is 16.4. The molecular weight excluding hydrogens is 300 g/mol. The minimum absolute atomic E-state index is 0.563. The van der Waals surface area contributed by atoms with E-state index in [1.807, 2.05) is 31.8 Å². The van der Waals surface area contributed by atoms with Crippen LogP contribution < -0.4 is 14.3 Å². The molecule has 0 aliphatic heterocycles. The first-order valence-electron chi connectivity index (χ1n) is 7.03. The van der Waals surface area contributed by atoms with E-state index in [2.05, 4.69) is 19.6 Å². The number of hydrogen-bond acceptors (Lipinski definition) is 4. The van der Waals surface area contributed by atoms with Crippen LogP contribution in [-0.2, 0) is 4.79 Å². The van der Waals surface area contributed by atoms with Gasteiger partial charge in [0.05, 0.1) is 15.2 Å². The van der Waals surface area contributed by atoms with Crippen LogP contribution in [-0.4, -0.2) is 29.5 Å². The Morgan fingerprint density at radius 2 is 1.67 bits per heavy atom. The number of carboxylic acids is 1. The van der Waals surface area contributed by atoms with Crippen molar-refractivity contribution >= 4 is 22.4 Å². The standard InChI is InChI=1S/C15H26O4Si2/c1-18-13-10-11(14(15(16)17)20(2,3)4)8-9-12(13)19-21(5,6)7/h8-10,14H,1-7H3,(H,16,17)/p-1. The Morgan fingerprint density at radius 1 is 1.10 bits per heavy atom. The van der Waals surface area contributed by atoms with E-state index in [9.17, 15) is 9.90 Å². The van der Waals surface area contributed by atoms with Gasteiger partial charge >= 0.3 is 0 Å². The van der Waals surface area contributed by atoms with Gasteiger partial charge in [-0.25, -0.2) is 0 Å². The average molecular weight is 326 g/mol. The first kappa shape index (κ1) is 17.8. The fourth-order valence-electron chi connectivity index (χ4n) is 2.27. The second-order valence-electron chi connectivity index (χ2n) is 7.24. The predicted molar refractivity (Wildman–Crippen MR) is 88.1 cm³/mol. The van der Waals surface area contributed by atoms with E-state index in [0.717, 1.165) is 5.56 Å². The number of carbonyl (C=O) groups is 1. The van der Waals surface area contributed by atoms with Gasteiger partial charge in [-0.05, 0) is 37.3 Å². The molecule has 0 N–H and O–H groups in total. The maximum Gasteiger partial charge on any atom is 0.242 e. The van der Waals surface area contributed by atoms with E-state index in [4.69, 9.17) is 9.16 Å². The summed E-state index contributed by atoms with van der Waals surface area (Å²) in [5.41, 5.74) is 0.168. The summed E-state index contributed by atoms with van der Waals surface area (Å²) in [6, 6.07) is 5.40. The lowest BCUT2D eigenvalue weighted by molar-refractivity contribution is -0.305. The molecule has 0 aliphatic carbocycles. The van der Waals surface area contributed by atoms with E-state index in [1.165, 1.54) is 0 Å². The zero-order valence-electron chi connectivity index (χ0n) is 13.9. The van der Waals surface area contributed by atoms with Crippen LogP contribution in [0.5, 0.6) is 11.5 Å². The molecule has 4 nitrogen and oxygen atoms in total. The lowest BCUT2D eigenvalue weighted by Crippen LogP contribution is -2.43. The summed E-state index contributed by atoms with van der Waals surface area (Å²) >= 11 is 0. The molecule has 0 spiro atoms. The molecule has 1 aromatic carbocycles. The number of ether oxygens (including phenoxy) is 1. The third kappa shape index (κ3) is 4.89. The van der Waals surface area contributed by atoms with Crippen LogP contribution in [0.3, 0.4) is 0 Å². The van der Waals surface area contributed by atoms with Crippen LogP contribution in [0.4, 0.5) is 0 Å². The lowest BCUT2D eigenvalue weighted by Gasteiger charge is -2.31. The molecular formula is C15H25O4Si2-. The number of aliphatic carboxylic acids is 1. The quantitative estimate of drug-likeness (QED) is 0.754. The summed E-state index contributed by atoms with van der Waals surface area (Å²) in [5, 5.41) is 11.5. The molecule has 1 unspecified atom stereocenters. The minimum Gasteiger partial charge on any atom is -0.550 e. The molecule has 1 atom stereocenters. The first-order valence-corrected chi connectivity index (χ1v) is 14.0. The maximum absolute atomic E-state index is 11.5. The van der Waals surface area contributed by atoms with Crippen molar-refractivity contribution in [2.75, 3.05) is 7.11 Å². The Bertz CT molecular complexity index is 515. The summed E-state index contributed by atoms with van der Waals surface area (Å²) in [7, 11) is -2.12. The molecule has 0 saturated heterocycles. The van der Waals surface area contributed by atoms with Gasteiger partial charge in [-0.15, -0.1) is 0 Å². The summed E-state index contributed by atoms with van der Waals surface area (Å²) in [6.07, 6.45) is 0. The fourth-order valence-corrected chi connectivity index (χ4v) is 4.98. The SMILES string of the molecule is COc1cc(C(C(=O)[O-])[Si](C)(C)C)ccc1O[Si](C)(C)C. The first-order chi connectivity index (χ1) is 9.45. The monoisotopic (exact) mass is 325 g/mol. The van der Waals surface area contributed by atoms with Crippen molar-refractivity contribution in [2.45, 2.75) is 44.8 Å². The Balaban J connectivity index is 3.26. The van der Waals surface area contributed by atoms with E-state index >= 15 is 0 Å². The number of carboxylic acid groups (broad SMARTS) is 1. The Hall–Kier alpha value is -1.28. The van der Waals surface area contributed by atoms with Gasteiger partial charge in [0, 0.05) is 11.5 Å². The van der Waals surface area contributed by atoms with Crippen molar-refractivity contribution in [1.29, 1.82) is 0 Å². The van der Waals surface area contributed by atoms with Crippen molar-refractivity contribution in [3.63, 3.8) is 0 Å². The van der Waals surface area contributed by atoms with Crippen molar-refractivity contribution in [3.05, 3.63) is 23.8 Å². The molecule has 0 heterocycles. The number of hydrogen-bond donors (Lipinski definition) is 0. The van der Waals surface area contributed by atoms with E-state index in [1.54, 1.807) is 13.2 Å². The Morgan fingerprint density at radius 3 is 2.05 bits per heavy atom. The van der Waals surface area contributed by atoms with Gasteiger partial charge in [0.15, 0.2) is 5.75 Å². The fraction of sp³-hybridized carbons (Fsp3) is 0.533. The molecule has 0 aliphatic rings. The third-order valence-corrected chi connectivity index (χ3v) is 6.17. The number of carbonyl (C=O) groups excluding carboxylic acids is 1. The van der Waals surface area contributed by atoms with E-state index in [-0.39, 0.29) is 0 Å². The average Bonchev–Trinajstić information content (AvgIpc) is 2.26. The number of methoxy groups -OCH3 is 1. The van der Waals surface area contributed by atoms with Crippen molar-refractivity contribution in [1.82, 2.24) is 0 Å². The molecule has 0 radical (unpaired) electrons. The van der Waals surface area contributed by atoms with Crippen LogP contribution in [0.15, 0.2) is 18.2 Å². The highest BCUT2D eigenvalue weighted by molar-refractivity contribution is 6.80. The van der Waals surface area contributed by atoms with E-state index < -0.39 is 27.9 Å². The van der Waals surface area contributed by atoms with Gasteiger partial charge < -0.3 is 19.1 Å². The predicted octanol–water partition coefficient (Wildman–Crippen LogP) is 2.62. The van der Waals surface area contributed by atoms with Crippen LogP contribution in [0.1, 0.15) is 11.1 Å². The number of benzene rings is 1.